The second-order valence-electron chi connectivity index (χ2n) is 5.51. The fraction of sp³-hybridized carbons (Fsp3) is 0.467. The van der Waals surface area contributed by atoms with Crippen molar-refractivity contribution in [2.45, 2.75) is 38.1 Å². The van der Waals surface area contributed by atoms with Crippen LogP contribution in [0.15, 0.2) is 24.7 Å². The normalized spacial score (nSPS) is 15.1. The molecule has 0 spiro atoms. The summed E-state index contributed by atoms with van der Waals surface area (Å²) in [5.74, 6) is 0.176. The lowest BCUT2D eigenvalue weighted by molar-refractivity contribution is -0.121. The fourth-order valence-corrected chi connectivity index (χ4v) is 2.69. The molecule has 1 saturated carbocycles. The minimum absolute atomic E-state index is 0.0103. The molecule has 0 unspecified atom stereocenters. The predicted molar refractivity (Wildman–Crippen MR) is 80.3 cm³/mol. The Labute approximate surface area is 128 Å². The van der Waals surface area contributed by atoms with Crippen molar-refractivity contribution >= 4 is 17.6 Å². The maximum atomic E-state index is 12.0. The minimum atomic E-state index is -0.292. The highest BCUT2D eigenvalue weighted by Gasteiger charge is 2.17. The summed E-state index contributed by atoms with van der Waals surface area (Å²) in [6.45, 7) is 0.304. The third kappa shape index (κ3) is 3.41. The number of nitrogens with one attached hydrogen (secondary N) is 2. The van der Waals surface area contributed by atoms with Crippen LogP contribution in [0.2, 0.25) is 0 Å². The van der Waals surface area contributed by atoms with Gasteiger partial charge in [0.1, 0.15) is 5.69 Å². The van der Waals surface area contributed by atoms with Gasteiger partial charge in [-0.15, -0.1) is 0 Å². The molecule has 116 valence electrons. The Bertz CT molecular complexity index is 642. The van der Waals surface area contributed by atoms with E-state index in [1.165, 1.54) is 12.8 Å². The molecule has 2 aromatic rings. The zero-order valence-corrected chi connectivity index (χ0v) is 12.3. The van der Waals surface area contributed by atoms with E-state index in [1.54, 1.807) is 29.1 Å². The van der Waals surface area contributed by atoms with Gasteiger partial charge in [-0.3, -0.25) is 14.0 Å². The summed E-state index contributed by atoms with van der Waals surface area (Å²) >= 11 is 0. The zero-order valence-electron chi connectivity index (χ0n) is 12.3. The van der Waals surface area contributed by atoms with Gasteiger partial charge < -0.3 is 10.6 Å². The standard InChI is InChI=1S/C15H19N5O2/c21-13(18-11-4-1-2-5-11)6-8-16-14(22)12-10-20-9-3-7-17-15(20)19-12/h3,7,9-11H,1-2,4-6,8H2,(H,16,22)(H,18,21). The molecule has 1 aliphatic carbocycles. The summed E-state index contributed by atoms with van der Waals surface area (Å²) in [4.78, 5) is 32.0. The SMILES string of the molecule is O=C(CCNC(=O)c1cn2cccnc2n1)NC1CCCC1. The highest BCUT2D eigenvalue weighted by molar-refractivity contribution is 5.93. The number of carbonyl (C=O) groups is 2. The van der Waals surface area contributed by atoms with Crippen LogP contribution in [0.4, 0.5) is 0 Å². The van der Waals surface area contributed by atoms with Gasteiger partial charge >= 0.3 is 0 Å². The van der Waals surface area contributed by atoms with Crippen LogP contribution in [0.1, 0.15) is 42.6 Å². The number of hydrogen-bond donors (Lipinski definition) is 2. The number of carbonyl (C=O) groups excluding carboxylic acids is 2. The van der Waals surface area contributed by atoms with Gasteiger partial charge in [-0.1, -0.05) is 12.8 Å². The van der Waals surface area contributed by atoms with Gasteiger partial charge in [0.15, 0.2) is 0 Å². The summed E-state index contributed by atoms with van der Waals surface area (Å²) in [5, 5.41) is 5.71. The number of nitrogens with zero attached hydrogens (tertiary/aromatic N) is 3. The molecule has 7 heteroatoms. The van der Waals surface area contributed by atoms with Crippen molar-refractivity contribution in [1.29, 1.82) is 0 Å². The summed E-state index contributed by atoms with van der Waals surface area (Å²) in [6, 6.07) is 2.08. The molecule has 0 radical (unpaired) electrons. The van der Waals surface area contributed by atoms with Crippen molar-refractivity contribution in [2.75, 3.05) is 6.54 Å². The van der Waals surface area contributed by atoms with Crippen LogP contribution in [-0.4, -0.2) is 38.8 Å². The zero-order chi connectivity index (χ0) is 15.4. The Morgan fingerprint density at radius 1 is 1.32 bits per heavy atom. The Hall–Kier alpha value is -2.44. The Morgan fingerprint density at radius 3 is 2.91 bits per heavy atom. The molecule has 2 aromatic heterocycles. The van der Waals surface area contributed by atoms with Crippen molar-refractivity contribution in [2.24, 2.45) is 0 Å². The molecule has 1 fully saturated rings. The lowest BCUT2D eigenvalue weighted by atomic mass is 10.2. The van der Waals surface area contributed by atoms with E-state index in [2.05, 4.69) is 20.6 Å². The van der Waals surface area contributed by atoms with E-state index in [0.717, 1.165) is 12.8 Å². The molecule has 0 atom stereocenters. The Balaban J connectivity index is 1.46. The number of amides is 2. The van der Waals surface area contributed by atoms with Gasteiger partial charge in [-0.05, 0) is 18.9 Å². The van der Waals surface area contributed by atoms with Crippen LogP contribution < -0.4 is 10.6 Å². The van der Waals surface area contributed by atoms with Crippen molar-refractivity contribution in [1.82, 2.24) is 25.0 Å². The summed E-state index contributed by atoms with van der Waals surface area (Å²) in [5.41, 5.74) is 0.301. The average molecular weight is 301 g/mol. The van der Waals surface area contributed by atoms with Gasteiger partial charge in [-0.2, -0.15) is 0 Å². The number of hydrogen-bond acceptors (Lipinski definition) is 4. The second-order valence-corrected chi connectivity index (χ2v) is 5.51. The molecule has 2 amide bonds. The third-order valence-electron chi connectivity index (χ3n) is 3.83. The number of aromatic nitrogens is 3. The molecule has 1 aliphatic rings. The van der Waals surface area contributed by atoms with Crippen molar-refractivity contribution < 1.29 is 9.59 Å². The molecule has 0 aromatic carbocycles. The molecule has 3 rings (SSSR count). The molecule has 0 aliphatic heterocycles. The Kier molecular flexibility index (Phi) is 4.32. The van der Waals surface area contributed by atoms with Gasteiger partial charge in [0.2, 0.25) is 11.7 Å². The first-order chi connectivity index (χ1) is 10.7. The molecule has 2 N–H and O–H groups in total. The largest absolute Gasteiger partial charge is 0.353 e. The first-order valence-electron chi connectivity index (χ1n) is 7.59. The Morgan fingerprint density at radius 2 is 2.14 bits per heavy atom. The number of imidazole rings is 1. The first-order valence-corrected chi connectivity index (χ1v) is 7.59. The van der Waals surface area contributed by atoms with Crippen LogP contribution >= 0.6 is 0 Å². The van der Waals surface area contributed by atoms with Crippen molar-refractivity contribution in [3.05, 3.63) is 30.4 Å². The smallest absolute Gasteiger partial charge is 0.271 e. The monoisotopic (exact) mass is 301 g/mol. The van der Waals surface area contributed by atoms with E-state index in [4.69, 9.17) is 0 Å². The molecule has 0 bridgehead atoms. The molecular formula is C15H19N5O2. The molecule has 7 nitrogen and oxygen atoms in total. The highest BCUT2D eigenvalue weighted by Crippen LogP contribution is 2.17. The maximum Gasteiger partial charge on any atom is 0.271 e. The van der Waals surface area contributed by atoms with Crippen LogP contribution in [0, 0.1) is 0 Å². The van der Waals surface area contributed by atoms with E-state index in [9.17, 15) is 9.59 Å². The molecule has 0 saturated heterocycles. The van der Waals surface area contributed by atoms with Gasteiger partial charge in [0.05, 0.1) is 0 Å². The lowest BCUT2D eigenvalue weighted by Gasteiger charge is -2.11. The minimum Gasteiger partial charge on any atom is -0.353 e. The third-order valence-corrected chi connectivity index (χ3v) is 3.83. The van der Waals surface area contributed by atoms with Crippen molar-refractivity contribution in [3.8, 4) is 0 Å². The van der Waals surface area contributed by atoms with Gasteiger partial charge in [0.25, 0.3) is 5.91 Å². The summed E-state index contributed by atoms with van der Waals surface area (Å²) < 4.78 is 1.68. The van der Waals surface area contributed by atoms with E-state index in [-0.39, 0.29) is 18.2 Å². The highest BCUT2D eigenvalue weighted by atomic mass is 16.2. The lowest BCUT2D eigenvalue weighted by Crippen LogP contribution is -2.35. The summed E-state index contributed by atoms with van der Waals surface area (Å²) in [6.07, 6.45) is 9.80. The van der Waals surface area contributed by atoms with E-state index < -0.39 is 0 Å². The van der Waals surface area contributed by atoms with Gasteiger partial charge in [0, 0.05) is 37.6 Å². The predicted octanol–water partition coefficient (Wildman–Crippen LogP) is 0.908. The van der Waals surface area contributed by atoms with Crippen LogP contribution in [0.25, 0.3) is 5.78 Å². The van der Waals surface area contributed by atoms with E-state index in [0.29, 0.717) is 24.1 Å². The van der Waals surface area contributed by atoms with E-state index in [1.807, 2.05) is 0 Å². The maximum absolute atomic E-state index is 12.0. The van der Waals surface area contributed by atoms with Crippen molar-refractivity contribution in [3.63, 3.8) is 0 Å². The number of rotatable bonds is 5. The molecule has 2 heterocycles. The first kappa shape index (κ1) is 14.5. The average Bonchev–Trinajstić information content (AvgIpc) is 3.15. The second kappa shape index (κ2) is 6.55. The van der Waals surface area contributed by atoms with E-state index >= 15 is 0 Å². The quantitative estimate of drug-likeness (QED) is 0.859. The van der Waals surface area contributed by atoms with Crippen LogP contribution in [0.3, 0.4) is 0 Å². The van der Waals surface area contributed by atoms with Crippen LogP contribution in [-0.2, 0) is 4.79 Å². The molecular weight excluding hydrogens is 282 g/mol. The fourth-order valence-electron chi connectivity index (χ4n) is 2.69. The number of fused-ring (bicyclic) bond motifs is 1. The molecule has 22 heavy (non-hydrogen) atoms. The summed E-state index contributed by atoms with van der Waals surface area (Å²) in [7, 11) is 0. The van der Waals surface area contributed by atoms with Crippen LogP contribution in [0.5, 0.6) is 0 Å². The topological polar surface area (TPSA) is 88.4 Å². The van der Waals surface area contributed by atoms with Gasteiger partial charge in [-0.25, -0.2) is 9.97 Å².